The summed E-state index contributed by atoms with van der Waals surface area (Å²) in [5, 5.41) is 3.49. The molecule has 0 aromatic carbocycles. The molecule has 2 heteroatoms. The second-order valence-electron chi connectivity index (χ2n) is 1.61. The van der Waals surface area contributed by atoms with Crippen molar-refractivity contribution in [2.24, 2.45) is 10.9 Å². The molecule has 0 aromatic rings. The summed E-state index contributed by atoms with van der Waals surface area (Å²) < 4.78 is 0. The molecule has 0 atom stereocenters. The van der Waals surface area contributed by atoms with Crippen LogP contribution in [0.1, 0.15) is 26.7 Å². The van der Waals surface area contributed by atoms with Gasteiger partial charge in [-0.3, -0.25) is 0 Å². The fraction of sp³-hybridized carbons (Fsp3) is 0.800. The minimum absolute atomic E-state index is 1.02. The van der Waals surface area contributed by atoms with Crippen molar-refractivity contribution in [1.82, 2.24) is 0 Å². The van der Waals surface area contributed by atoms with Crippen LogP contribution < -0.4 is 5.84 Å². The topological polar surface area (TPSA) is 38.4 Å². The standard InChI is InChI=1S/C5H12N2/c1-3-4-5(2)7-6/h3-4,6H2,1-2H3/b7-5-. The first kappa shape index (κ1) is 6.47. The van der Waals surface area contributed by atoms with E-state index in [0.717, 1.165) is 18.6 Å². The predicted octanol–water partition coefficient (Wildman–Crippen LogP) is 1.12. The van der Waals surface area contributed by atoms with Crippen molar-refractivity contribution >= 4 is 5.71 Å². The van der Waals surface area contributed by atoms with Gasteiger partial charge in [0.15, 0.2) is 0 Å². The molecule has 7 heavy (non-hydrogen) atoms. The Labute approximate surface area is 44.4 Å². The molecule has 0 aliphatic rings. The first-order chi connectivity index (χ1) is 3.31. The van der Waals surface area contributed by atoms with E-state index in [0.29, 0.717) is 0 Å². The Morgan fingerprint density at radius 1 is 1.71 bits per heavy atom. The normalized spacial score (nSPS) is 12.0. The third kappa shape index (κ3) is 3.30. The molecule has 0 spiro atoms. The third-order valence-corrected chi connectivity index (χ3v) is 0.832. The number of hydrazone groups is 1. The van der Waals surface area contributed by atoms with Gasteiger partial charge in [-0.15, -0.1) is 0 Å². The van der Waals surface area contributed by atoms with Gasteiger partial charge in [-0.2, -0.15) is 5.10 Å². The zero-order valence-electron chi connectivity index (χ0n) is 4.94. The van der Waals surface area contributed by atoms with Crippen molar-refractivity contribution in [1.29, 1.82) is 0 Å². The first-order valence-corrected chi connectivity index (χ1v) is 2.54. The zero-order chi connectivity index (χ0) is 5.70. The summed E-state index contributed by atoms with van der Waals surface area (Å²) in [6.45, 7) is 4.04. The third-order valence-electron chi connectivity index (χ3n) is 0.832. The molecule has 0 aliphatic heterocycles. The lowest BCUT2D eigenvalue weighted by Gasteiger charge is -1.89. The summed E-state index contributed by atoms with van der Waals surface area (Å²) in [5.41, 5.74) is 1.03. The molecule has 0 saturated heterocycles. The van der Waals surface area contributed by atoms with Crippen LogP contribution in [0.4, 0.5) is 0 Å². The van der Waals surface area contributed by atoms with Gasteiger partial charge in [-0.05, 0) is 13.3 Å². The molecule has 0 saturated carbocycles. The van der Waals surface area contributed by atoms with E-state index in [2.05, 4.69) is 12.0 Å². The van der Waals surface area contributed by atoms with E-state index in [9.17, 15) is 0 Å². The predicted molar refractivity (Wildman–Crippen MR) is 32.2 cm³/mol. The Hall–Kier alpha value is -0.530. The smallest absolute Gasteiger partial charge is 0.0344 e. The number of rotatable bonds is 2. The Morgan fingerprint density at radius 2 is 2.29 bits per heavy atom. The molecule has 0 fully saturated rings. The number of nitrogens with zero attached hydrogens (tertiary/aromatic N) is 1. The second-order valence-corrected chi connectivity index (χ2v) is 1.61. The zero-order valence-corrected chi connectivity index (χ0v) is 4.94. The minimum Gasteiger partial charge on any atom is -0.323 e. The highest BCUT2D eigenvalue weighted by Crippen LogP contribution is 1.87. The van der Waals surface area contributed by atoms with Gasteiger partial charge in [-0.25, -0.2) is 0 Å². The van der Waals surface area contributed by atoms with E-state index in [1.807, 2.05) is 6.92 Å². The Balaban J connectivity index is 3.17. The van der Waals surface area contributed by atoms with Crippen LogP contribution in [0.5, 0.6) is 0 Å². The van der Waals surface area contributed by atoms with Gasteiger partial charge in [0.2, 0.25) is 0 Å². The quantitative estimate of drug-likeness (QED) is 0.315. The average Bonchev–Trinajstić information content (AvgIpc) is 1.68. The van der Waals surface area contributed by atoms with Crippen LogP contribution in [-0.4, -0.2) is 5.71 Å². The van der Waals surface area contributed by atoms with Crippen LogP contribution in [0.3, 0.4) is 0 Å². The van der Waals surface area contributed by atoms with Gasteiger partial charge in [0.1, 0.15) is 0 Å². The molecular weight excluding hydrogens is 88.1 g/mol. The summed E-state index contributed by atoms with van der Waals surface area (Å²) in [7, 11) is 0. The van der Waals surface area contributed by atoms with Crippen molar-refractivity contribution in [3.05, 3.63) is 0 Å². The molecule has 2 nitrogen and oxygen atoms in total. The lowest BCUT2D eigenvalue weighted by atomic mass is 10.2. The average molecular weight is 100 g/mol. The van der Waals surface area contributed by atoms with Crippen LogP contribution in [0, 0.1) is 0 Å². The van der Waals surface area contributed by atoms with Crippen molar-refractivity contribution < 1.29 is 0 Å². The summed E-state index contributed by atoms with van der Waals surface area (Å²) >= 11 is 0. The lowest BCUT2D eigenvalue weighted by molar-refractivity contribution is 0.977. The largest absolute Gasteiger partial charge is 0.323 e. The molecule has 0 unspecified atom stereocenters. The van der Waals surface area contributed by atoms with Crippen molar-refractivity contribution in [3.8, 4) is 0 Å². The molecular formula is C5H12N2. The fourth-order valence-corrected chi connectivity index (χ4v) is 0.426. The van der Waals surface area contributed by atoms with Crippen LogP contribution in [0.15, 0.2) is 5.10 Å². The van der Waals surface area contributed by atoms with Crippen LogP contribution in [-0.2, 0) is 0 Å². The highest BCUT2D eigenvalue weighted by Gasteiger charge is 1.82. The highest BCUT2D eigenvalue weighted by atomic mass is 15.1. The van der Waals surface area contributed by atoms with E-state index < -0.39 is 0 Å². The SMILES string of the molecule is CCC/C(C)=N\N. The Morgan fingerprint density at radius 3 is 2.43 bits per heavy atom. The molecule has 0 aliphatic carbocycles. The van der Waals surface area contributed by atoms with E-state index in [1.54, 1.807) is 0 Å². The number of hydrogen-bond donors (Lipinski definition) is 1. The Kier molecular flexibility index (Phi) is 3.38. The first-order valence-electron chi connectivity index (χ1n) is 2.54. The van der Waals surface area contributed by atoms with Gasteiger partial charge in [0, 0.05) is 5.71 Å². The summed E-state index contributed by atoms with van der Waals surface area (Å²) in [4.78, 5) is 0. The molecule has 2 N–H and O–H groups in total. The Bertz CT molecular complexity index is 66.5. The van der Waals surface area contributed by atoms with Crippen LogP contribution in [0.2, 0.25) is 0 Å². The van der Waals surface area contributed by atoms with Gasteiger partial charge >= 0.3 is 0 Å². The van der Waals surface area contributed by atoms with Crippen molar-refractivity contribution in [2.45, 2.75) is 26.7 Å². The van der Waals surface area contributed by atoms with E-state index in [4.69, 9.17) is 5.84 Å². The van der Waals surface area contributed by atoms with Crippen LogP contribution >= 0.6 is 0 Å². The maximum atomic E-state index is 4.95. The monoisotopic (exact) mass is 100 g/mol. The van der Waals surface area contributed by atoms with E-state index in [-0.39, 0.29) is 0 Å². The van der Waals surface area contributed by atoms with Crippen molar-refractivity contribution in [3.63, 3.8) is 0 Å². The fourth-order valence-electron chi connectivity index (χ4n) is 0.426. The number of hydrogen-bond acceptors (Lipinski definition) is 2. The molecule has 0 aromatic heterocycles. The van der Waals surface area contributed by atoms with E-state index >= 15 is 0 Å². The van der Waals surface area contributed by atoms with Gasteiger partial charge in [0.05, 0.1) is 0 Å². The maximum absolute atomic E-state index is 4.95. The summed E-state index contributed by atoms with van der Waals surface area (Å²) in [5.74, 6) is 4.95. The van der Waals surface area contributed by atoms with Gasteiger partial charge in [0.25, 0.3) is 0 Å². The highest BCUT2D eigenvalue weighted by molar-refractivity contribution is 5.81. The lowest BCUT2D eigenvalue weighted by Crippen LogP contribution is -1.93. The molecule has 0 heterocycles. The second kappa shape index (κ2) is 3.65. The molecule has 0 rings (SSSR count). The van der Waals surface area contributed by atoms with E-state index in [1.165, 1.54) is 0 Å². The van der Waals surface area contributed by atoms with Crippen LogP contribution in [0.25, 0.3) is 0 Å². The summed E-state index contributed by atoms with van der Waals surface area (Å²) in [6, 6.07) is 0. The van der Waals surface area contributed by atoms with Gasteiger partial charge < -0.3 is 5.84 Å². The molecule has 42 valence electrons. The molecule has 0 amide bonds. The minimum atomic E-state index is 1.02. The van der Waals surface area contributed by atoms with Gasteiger partial charge in [-0.1, -0.05) is 13.3 Å². The molecule has 0 bridgehead atoms. The maximum Gasteiger partial charge on any atom is 0.0344 e. The summed E-state index contributed by atoms with van der Waals surface area (Å²) in [6.07, 6.45) is 2.16. The van der Waals surface area contributed by atoms with Crippen molar-refractivity contribution in [2.75, 3.05) is 0 Å². The molecule has 0 radical (unpaired) electrons. The number of nitrogens with two attached hydrogens (primary N) is 1.